The highest BCUT2D eigenvalue weighted by Crippen LogP contribution is 2.19. The Hall–Kier alpha value is -3.40. The van der Waals surface area contributed by atoms with E-state index in [1.807, 2.05) is 6.92 Å². The molecule has 2 amide bonds. The van der Waals surface area contributed by atoms with Crippen LogP contribution in [0.4, 0.5) is 15.8 Å². The lowest BCUT2D eigenvalue weighted by molar-refractivity contribution is -0.116. The minimum atomic E-state index is -0.511. The molecule has 1 aromatic heterocycles. The van der Waals surface area contributed by atoms with Crippen LogP contribution in [0.25, 0.3) is 0 Å². The fraction of sp³-hybridized carbons (Fsp3) is 0.238. The van der Waals surface area contributed by atoms with Crippen molar-refractivity contribution in [1.29, 1.82) is 0 Å². The number of hydrogen-bond acceptors (Lipinski definition) is 6. The van der Waals surface area contributed by atoms with Crippen molar-refractivity contribution in [2.45, 2.75) is 18.5 Å². The molecule has 0 aliphatic rings. The third kappa shape index (κ3) is 6.29. The van der Waals surface area contributed by atoms with E-state index in [1.165, 1.54) is 23.9 Å². The summed E-state index contributed by atoms with van der Waals surface area (Å²) in [5, 5.41) is 13.8. The maximum atomic E-state index is 13.7. The van der Waals surface area contributed by atoms with Crippen LogP contribution < -0.4 is 15.4 Å². The summed E-state index contributed by atoms with van der Waals surface area (Å²) in [7, 11) is 1.71. The summed E-state index contributed by atoms with van der Waals surface area (Å²) in [6.07, 6.45) is -0.0726. The van der Waals surface area contributed by atoms with Crippen LogP contribution in [0.15, 0.2) is 53.7 Å². The van der Waals surface area contributed by atoms with Gasteiger partial charge in [0.15, 0.2) is 5.16 Å². The molecule has 0 bridgehead atoms. The number of halogens is 1. The van der Waals surface area contributed by atoms with E-state index in [-0.39, 0.29) is 23.8 Å². The summed E-state index contributed by atoms with van der Waals surface area (Å²) in [6.45, 7) is 2.48. The standard InChI is InChI=1S/C21H22FN5O3S/c1-3-30-15-10-8-14(9-11-15)23-20(29)13-31-21-26-25-18(27(21)2)12-19(28)24-17-7-5-4-6-16(17)22/h4-11H,3,12-13H2,1-2H3,(H,23,29)(H,24,28). The maximum Gasteiger partial charge on any atom is 0.234 e. The van der Waals surface area contributed by atoms with Crippen LogP contribution in [0, 0.1) is 5.82 Å². The Balaban J connectivity index is 1.51. The molecule has 0 saturated carbocycles. The largest absolute Gasteiger partial charge is 0.494 e. The van der Waals surface area contributed by atoms with Crippen molar-refractivity contribution in [3.05, 3.63) is 60.2 Å². The van der Waals surface area contributed by atoms with Gasteiger partial charge in [-0.3, -0.25) is 9.59 Å². The number of carbonyl (C=O) groups is 2. The highest BCUT2D eigenvalue weighted by Gasteiger charge is 2.15. The van der Waals surface area contributed by atoms with E-state index in [0.29, 0.717) is 23.3 Å². The molecule has 0 radical (unpaired) electrons. The molecule has 0 spiro atoms. The Kier molecular flexibility index (Phi) is 7.60. The van der Waals surface area contributed by atoms with E-state index >= 15 is 0 Å². The maximum absolute atomic E-state index is 13.7. The van der Waals surface area contributed by atoms with Crippen LogP contribution in [0.1, 0.15) is 12.7 Å². The second-order valence-corrected chi connectivity index (χ2v) is 7.40. The second kappa shape index (κ2) is 10.6. The lowest BCUT2D eigenvalue weighted by Gasteiger charge is -2.08. The summed E-state index contributed by atoms with van der Waals surface area (Å²) in [4.78, 5) is 24.4. The second-order valence-electron chi connectivity index (χ2n) is 6.46. The Labute approximate surface area is 183 Å². The molecule has 162 valence electrons. The number of aromatic nitrogens is 3. The van der Waals surface area contributed by atoms with Gasteiger partial charge in [-0.2, -0.15) is 0 Å². The summed E-state index contributed by atoms with van der Waals surface area (Å²) in [5.74, 6) is 0.148. The predicted octanol–water partition coefficient (Wildman–Crippen LogP) is 3.26. The lowest BCUT2D eigenvalue weighted by atomic mass is 10.3. The first kappa shape index (κ1) is 22.3. The van der Waals surface area contributed by atoms with E-state index in [1.54, 1.807) is 48.0 Å². The third-order valence-corrected chi connectivity index (χ3v) is 5.19. The van der Waals surface area contributed by atoms with Gasteiger partial charge in [0.05, 0.1) is 24.5 Å². The van der Waals surface area contributed by atoms with Crippen molar-refractivity contribution in [2.24, 2.45) is 7.05 Å². The quantitative estimate of drug-likeness (QED) is 0.493. The number of para-hydroxylation sites is 1. The Morgan fingerprint density at radius 1 is 1.06 bits per heavy atom. The van der Waals surface area contributed by atoms with Gasteiger partial charge in [-0.15, -0.1) is 10.2 Å². The van der Waals surface area contributed by atoms with E-state index in [9.17, 15) is 14.0 Å². The molecule has 0 aliphatic carbocycles. The molecule has 0 fully saturated rings. The molecule has 10 heteroatoms. The number of benzene rings is 2. The van der Waals surface area contributed by atoms with Gasteiger partial charge in [0.25, 0.3) is 0 Å². The van der Waals surface area contributed by atoms with Crippen molar-refractivity contribution in [2.75, 3.05) is 23.0 Å². The summed E-state index contributed by atoms with van der Waals surface area (Å²) in [5.41, 5.74) is 0.771. The molecule has 3 aromatic rings. The zero-order valence-corrected chi connectivity index (χ0v) is 17.9. The van der Waals surface area contributed by atoms with Crippen LogP contribution in [-0.2, 0) is 23.1 Å². The van der Waals surface area contributed by atoms with Gasteiger partial charge in [0, 0.05) is 12.7 Å². The molecule has 2 aromatic carbocycles. The van der Waals surface area contributed by atoms with Crippen LogP contribution in [0.5, 0.6) is 5.75 Å². The number of amides is 2. The molecule has 1 heterocycles. The normalized spacial score (nSPS) is 10.5. The first-order chi connectivity index (χ1) is 15.0. The van der Waals surface area contributed by atoms with Crippen molar-refractivity contribution < 1.29 is 18.7 Å². The molecule has 8 nitrogen and oxygen atoms in total. The minimum absolute atomic E-state index is 0.0726. The molecule has 3 rings (SSSR count). The fourth-order valence-electron chi connectivity index (χ4n) is 2.65. The Morgan fingerprint density at radius 3 is 2.52 bits per heavy atom. The molecule has 0 atom stereocenters. The smallest absolute Gasteiger partial charge is 0.234 e. The van der Waals surface area contributed by atoms with Crippen LogP contribution in [0.2, 0.25) is 0 Å². The molecule has 2 N–H and O–H groups in total. The Bertz CT molecular complexity index is 1060. The lowest BCUT2D eigenvalue weighted by Crippen LogP contribution is -2.18. The van der Waals surface area contributed by atoms with Gasteiger partial charge < -0.3 is 19.9 Å². The first-order valence-corrected chi connectivity index (χ1v) is 10.5. The number of nitrogens with one attached hydrogen (secondary N) is 2. The SMILES string of the molecule is CCOc1ccc(NC(=O)CSc2nnc(CC(=O)Nc3ccccc3F)n2C)cc1. The number of thioether (sulfide) groups is 1. The number of hydrogen-bond donors (Lipinski definition) is 2. The number of nitrogens with zero attached hydrogens (tertiary/aromatic N) is 3. The summed E-state index contributed by atoms with van der Waals surface area (Å²) < 4.78 is 20.7. The molecule has 0 saturated heterocycles. The first-order valence-electron chi connectivity index (χ1n) is 9.54. The Morgan fingerprint density at radius 2 is 1.81 bits per heavy atom. The van der Waals surface area contributed by atoms with Crippen LogP contribution >= 0.6 is 11.8 Å². The number of ether oxygens (including phenoxy) is 1. The van der Waals surface area contributed by atoms with Gasteiger partial charge in [-0.25, -0.2) is 4.39 Å². The number of carbonyl (C=O) groups excluding carboxylic acids is 2. The highest BCUT2D eigenvalue weighted by molar-refractivity contribution is 7.99. The van der Waals surface area contributed by atoms with Crippen molar-refractivity contribution in [3.8, 4) is 5.75 Å². The van der Waals surface area contributed by atoms with Gasteiger partial charge in [0.1, 0.15) is 17.4 Å². The number of rotatable bonds is 9. The summed E-state index contributed by atoms with van der Waals surface area (Å²) in [6, 6.07) is 13.0. The van der Waals surface area contributed by atoms with Crippen molar-refractivity contribution in [1.82, 2.24) is 14.8 Å². The average molecular weight is 444 g/mol. The monoisotopic (exact) mass is 443 g/mol. The van der Waals surface area contributed by atoms with Gasteiger partial charge in [0.2, 0.25) is 11.8 Å². The van der Waals surface area contributed by atoms with Crippen molar-refractivity contribution >= 4 is 35.0 Å². The van der Waals surface area contributed by atoms with Crippen molar-refractivity contribution in [3.63, 3.8) is 0 Å². The molecule has 0 unspecified atom stereocenters. The zero-order valence-electron chi connectivity index (χ0n) is 17.1. The highest BCUT2D eigenvalue weighted by atomic mass is 32.2. The van der Waals surface area contributed by atoms with E-state index in [2.05, 4.69) is 20.8 Å². The third-order valence-electron chi connectivity index (χ3n) is 4.17. The van der Waals surface area contributed by atoms with Gasteiger partial charge >= 0.3 is 0 Å². The molecular weight excluding hydrogens is 421 g/mol. The van der Waals surface area contributed by atoms with Crippen LogP contribution in [-0.4, -0.2) is 38.9 Å². The predicted molar refractivity (Wildman–Crippen MR) is 117 cm³/mol. The summed E-state index contributed by atoms with van der Waals surface area (Å²) >= 11 is 1.20. The van der Waals surface area contributed by atoms with E-state index in [0.717, 1.165) is 5.75 Å². The molecule has 0 aliphatic heterocycles. The van der Waals surface area contributed by atoms with Gasteiger partial charge in [-0.05, 0) is 43.3 Å². The number of anilines is 2. The molecular formula is C21H22FN5O3S. The van der Waals surface area contributed by atoms with E-state index < -0.39 is 11.7 Å². The van der Waals surface area contributed by atoms with Gasteiger partial charge in [-0.1, -0.05) is 23.9 Å². The average Bonchev–Trinajstić information content (AvgIpc) is 3.09. The zero-order chi connectivity index (χ0) is 22.2. The topological polar surface area (TPSA) is 98.1 Å². The fourth-order valence-corrected chi connectivity index (χ4v) is 3.38. The minimum Gasteiger partial charge on any atom is -0.494 e. The molecule has 31 heavy (non-hydrogen) atoms. The van der Waals surface area contributed by atoms with Crippen LogP contribution in [0.3, 0.4) is 0 Å². The van der Waals surface area contributed by atoms with E-state index in [4.69, 9.17) is 4.74 Å².